The maximum Gasteiger partial charge on any atom is 0.332 e. The first-order valence-corrected chi connectivity index (χ1v) is 8.79. The molecule has 0 spiro atoms. The average Bonchev–Trinajstić information content (AvgIpc) is 3.00. The fourth-order valence-electron chi connectivity index (χ4n) is 3.07. The van der Waals surface area contributed by atoms with Crippen LogP contribution in [0, 0.1) is 0 Å². The van der Waals surface area contributed by atoms with Crippen molar-refractivity contribution in [3.05, 3.63) is 20.8 Å². The molecule has 0 saturated carbocycles. The third kappa shape index (κ3) is 3.07. The minimum atomic E-state index is -0.828. The Morgan fingerprint density at radius 2 is 1.96 bits per heavy atom. The number of morpholine rings is 1. The highest BCUT2D eigenvalue weighted by Gasteiger charge is 2.25. The monoisotopic (exact) mass is 371 g/mol. The number of aryl methyl sites for hydroxylation is 1. The number of aromatic nitrogens is 4. The lowest BCUT2D eigenvalue weighted by Gasteiger charge is -2.28. The van der Waals surface area contributed by atoms with Crippen LogP contribution in [0.2, 0.25) is 0 Å². The molecule has 3 rings (SSSR count). The number of hydrogen-bond acceptors (Lipinski definition) is 6. The van der Waals surface area contributed by atoms with E-state index in [-0.39, 0.29) is 12.4 Å². The fourth-order valence-corrected chi connectivity index (χ4v) is 3.17. The van der Waals surface area contributed by atoms with Crippen molar-refractivity contribution in [2.24, 2.45) is 7.05 Å². The lowest BCUT2D eigenvalue weighted by Crippen LogP contribution is -2.39. The first-order valence-electron chi connectivity index (χ1n) is 8.26. The smallest absolute Gasteiger partial charge is 0.332 e. The zero-order valence-electron chi connectivity index (χ0n) is 14.3. The molecule has 1 aliphatic heterocycles. The Labute approximate surface area is 149 Å². The van der Waals surface area contributed by atoms with Gasteiger partial charge < -0.3 is 19.3 Å². The minimum absolute atomic E-state index is 0.0377. The lowest BCUT2D eigenvalue weighted by atomic mass is 10.3. The number of anilines is 1. The Balaban J connectivity index is 2.30. The first-order chi connectivity index (χ1) is 12.0. The molecule has 25 heavy (non-hydrogen) atoms. The van der Waals surface area contributed by atoms with Gasteiger partial charge in [0.25, 0.3) is 5.56 Å². The van der Waals surface area contributed by atoms with Crippen LogP contribution in [-0.4, -0.2) is 62.1 Å². The Hall–Kier alpha value is -1.84. The summed E-state index contributed by atoms with van der Waals surface area (Å²) in [5.74, 6) is 0.586. The molecule has 1 atom stereocenters. The summed E-state index contributed by atoms with van der Waals surface area (Å²) in [6.07, 6.45) is -0.828. The molecule has 0 aromatic carbocycles. The van der Waals surface area contributed by atoms with E-state index < -0.39 is 17.4 Å². The van der Waals surface area contributed by atoms with Gasteiger partial charge in [-0.15, -0.1) is 11.6 Å². The molecule has 2 aromatic heterocycles. The number of fused-ring (bicyclic) bond motifs is 1. The van der Waals surface area contributed by atoms with Gasteiger partial charge in [-0.25, -0.2) is 4.79 Å². The molecule has 138 valence electrons. The number of halogens is 1. The molecule has 9 nitrogen and oxygen atoms in total. The van der Waals surface area contributed by atoms with Gasteiger partial charge >= 0.3 is 5.69 Å². The third-order valence-corrected chi connectivity index (χ3v) is 4.75. The number of aliphatic hydroxyl groups excluding tert-OH is 1. The summed E-state index contributed by atoms with van der Waals surface area (Å²) in [4.78, 5) is 31.7. The molecule has 2 aromatic rings. The van der Waals surface area contributed by atoms with E-state index in [1.54, 1.807) is 4.57 Å². The van der Waals surface area contributed by atoms with Crippen LogP contribution in [0.4, 0.5) is 5.95 Å². The highest BCUT2D eigenvalue weighted by molar-refractivity contribution is 6.18. The quantitative estimate of drug-likeness (QED) is 0.702. The molecule has 1 N–H and O–H groups in total. The number of alkyl halides is 1. The Kier molecular flexibility index (Phi) is 5.16. The number of hydrogen-bond donors (Lipinski definition) is 1. The van der Waals surface area contributed by atoms with Gasteiger partial charge in [0.1, 0.15) is 0 Å². The largest absolute Gasteiger partial charge is 0.390 e. The van der Waals surface area contributed by atoms with Gasteiger partial charge in [0.15, 0.2) is 11.2 Å². The Bertz CT molecular complexity index is 881. The van der Waals surface area contributed by atoms with Crippen LogP contribution in [-0.2, 0) is 24.9 Å². The predicted octanol–water partition coefficient (Wildman–Crippen LogP) is -0.647. The van der Waals surface area contributed by atoms with Crippen LogP contribution < -0.4 is 16.1 Å². The van der Waals surface area contributed by atoms with Crippen LogP contribution in [0.5, 0.6) is 0 Å². The SMILES string of the molecule is CCn1c(=O)n(C)c(=O)c2c1nc(N1CCOCC1)n2CC(O)CCl. The van der Waals surface area contributed by atoms with Crippen molar-refractivity contribution in [1.82, 2.24) is 18.7 Å². The van der Waals surface area contributed by atoms with Gasteiger partial charge in [-0.1, -0.05) is 0 Å². The van der Waals surface area contributed by atoms with Crippen LogP contribution >= 0.6 is 11.6 Å². The van der Waals surface area contributed by atoms with E-state index in [0.717, 1.165) is 4.57 Å². The zero-order chi connectivity index (χ0) is 18.1. The van der Waals surface area contributed by atoms with Crippen molar-refractivity contribution in [2.45, 2.75) is 26.1 Å². The van der Waals surface area contributed by atoms with Gasteiger partial charge in [-0.3, -0.25) is 13.9 Å². The molecule has 0 aliphatic carbocycles. The number of ether oxygens (including phenoxy) is 1. The molecule has 1 aliphatic rings. The summed E-state index contributed by atoms with van der Waals surface area (Å²) in [7, 11) is 1.44. The van der Waals surface area contributed by atoms with Crippen molar-refractivity contribution in [1.29, 1.82) is 0 Å². The van der Waals surface area contributed by atoms with E-state index >= 15 is 0 Å². The average molecular weight is 372 g/mol. The van der Waals surface area contributed by atoms with Gasteiger partial charge in [-0.05, 0) is 6.92 Å². The van der Waals surface area contributed by atoms with Gasteiger partial charge in [0.2, 0.25) is 5.95 Å². The van der Waals surface area contributed by atoms with Gasteiger partial charge in [-0.2, -0.15) is 4.98 Å². The molecule has 1 saturated heterocycles. The number of aliphatic hydroxyl groups is 1. The normalized spacial score (nSPS) is 16.6. The van der Waals surface area contributed by atoms with E-state index in [1.807, 2.05) is 11.8 Å². The number of imidazole rings is 1. The highest BCUT2D eigenvalue weighted by Crippen LogP contribution is 2.21. The molecule has 0 radical (unpaired) electrons. The third-order valence-electron chi connectivity index (χ3n) is 4.39. The van der Waals surface area contributed by atoms with Gasteiger partial charge in [0.05, 0.1) is 31.7 Å². The van der Waals surface area contributed by atoms with E-state index in [9.17, 15) is 14.7 Å². The maximum atomic E-state index is 12.7. The standard InChI is InChI=1S/C15H22ClN5O4/c1-3-20-12-11(13(23)18(2)15(20)24)21(9-10(22)8-16)14(17-12)19-4-6-25-7-5-19/h10,22H,3-9H2,1-2H3. The second-order valence-corrected chi connectivity index (χ2v) is 6.30. The number of rotatable bonds is 5. The number of nitrogens with zero attached hydrogens (tertiary/aromatic N) is 5. The molecular weight excluding hydrogens is 350 g/mol. The highest BCUT2D eigenvalue weighted by atomic mass is 35.5. The molecular formula is C15H22ClN5O4. The molecule has 3 heterocycles. The van der Waals surface area contributed by atoms with Crippen molar-refractivity contribution in [3.63, 3.8) is 0 Å². The van der Waals surface area contributed by atoms with Crippen LogP contribution in [0.15, 0.2) is 9.59 Å². The zero-order valence-corrected chi connectivity index (χ0v) is 15.1. The Morgan fingerprint density at radius 1 is 1.28 bits per heavy atom. The molecule has 0 bridgehead atoms. The van der Waals surface area contributed by atoms with E-state index in [1.165, 1.54) is 11.6 Å². The fraction of sp³-hybridized carbons (Fsp3) is 0.667. The summed E-state index contributed by atoms with van der Waals surface area (Å²) in [6.45, 7) is 4.70. The van der Waals surface area contributed by atoms with E-state index in [4.69, 9.17) is 16.3 Å². The Morgan fingerprint density at radius 3 is 2.56 bits per heavy atom. The predicted molar refractivity (Wildman–Crippen MR) is 94.7 cm³/mol. The summed E-state index contributed by atoms with van der Waals surface area (Å²) < 4.78 is 9.57. The molecule has 1 fully saturated rings. The minimum Gasteiger partial charge on any atom is -0.390 e. The van der Waals surface area contributed by atoms with Crippen molar-refractivity contribution in [3.8, 4) is 0 Å². The lowest BCUT2D eigenvalue weighted by molar-refractivity contribution is 0.121. The van der Waals surface area contributed by atoms with E-state index in [2.05, 4.69) is 4.98 Å². The van der Waals surface area contributed by atoms with Crippen LogP contribution in [0.3, 0.4) is 0 Å². The van der Waals surface area contributed by atoms with Crippen LogP contribution in [0.25, 0.3) is 11.2 Å². The van der Waals surface area contributed by atoms with Crippen molar-refractivity contribution >= 4 is 28.7 Å². The van der Waals surface area contributed by atoms with Gasteiger partial charge in [0, 0.05) is 26.7 Å². The van der Waals surface area contributed by atoms with E-state index in [0.29, 0.717) is 50.0 Å². The summed E-state index contributed by atoms with van der Waals surface area (Å²) in [5.41, 5.74) is -0.206. The summed E-state index contributed by atoms with van der Waals surface area (Å²) in [6, 6.07) is 0. The van der Waals surface area contributed by atoms with Crippen LogP contribution in [0.1, 0.15) is 6.92 Å². The van der Waals surface area contributed by atoms with Crippen molar-refractivity contribution < 1.29 is 9.84 Å². The summed E-state index contributed by atoms with van der Waals surface area (Å²) in [5, 5.41) is 10.1. The second kappa shape index (κ2) is 7.19. The van der Waals surface area contributed by atoms with Crippen molar-refractivity contribution in [2.75, 3.05) is 37.1 Å². The summed E-state index contributed by atoms with van der Waals surface area (Å²) >= 11 is 5.76. The molecule has 1 unspecified atom stereocenters. The molecule has 10 heteroatoms. The first kappa shape index (κ1) is 18.0. The molecule has 0 amide bonds. The second-order valence-electron chi connectivity index (χ2n) is 5.99. The maximum absolute atomic E-state index is 12.7. The topological polar surface area (TPSA) is 94.5 Å².